The number of nitrogens with one attached hydrogen (secondary N) is 1. The highest BCUT2D eigenvalue weighted by molar-refractivity contribution is 7.89. The quantitative estimate of drug-likeness (QED) is 0.752. The molecular weight excluding hydrogens is 350 g/mol. The number of aromatic nitrogens is 2. The zero-order valence-corrected chi connectivity index (χ0v) is 14.3. The van der Waals surface area contributed by atoms with Crippen molar-refractivity contribution < 1.29 is 12.8 Å². The maximum atomic E-state index is 12.2. The lowest BCUT2D eigenvalue weighted by Gasteiger charge is -2.04. The summed E-state index contributed by atoms with van der Waals surface area (Å²) in [5.74, 6) is 0.479. The first-order valence-electron chi connectivity index (χ1n) is 7.09. The predicted molar refractivity (Wildman–Crippen MR) is 89.9 cm³/mol. The lowest BCUT2D eigenvalue weighted by Crippen LogP contribution is -2.23. The number of aryl methyl sites for hydroxylation is 1. The third-order valence-electron chi connectivity index (χ3n) is 3.30. The molecule has 3 aromatic rings. The van der Waals surface area contributed by atoms with Gasteiger partial charge in [0, 0.05) is 10.6 Å². The van der Waals surface area contributed by atoms with E-state index >= 15 is 0 Å². The molecule has 0 aliphatic rings. The fourth-order valence-corrected chi connectivity index (χ4v) is 3.09. The first kappa shape index (κ1) is 16.6. The average Bonchev–Trinajstić information content (AvgIpc) is 3.03. The van der Waals surface area contributed by atoms with Crippen LogP contribution in [-0.4, -0.2) is 18.6 Å². The molecule has 0 bridgehead atoms. The molecule has 2 aromatic carbocycles. The van der Waals surface area contributed by atoms with E-state index in [2.05, 4.69) is 14.9 Å². The van der Waals surface area contributed by atoms with E-state index in [1.165, 1.54) is 0 Å². The molecule has 1 aromatic heterocycles. The van der Waals surface area contributed by atoms with Crippen molar-refractivity contribution in [2.45, 2.75) is 18.4 Å². The summed E-state index contributed by atoms with van der Waals surface area (Å²) in [6, 6.07) is 13.5. The molecule has 24 heavy (non-hydrogen) atoms. The molecule has 0 saturated carbocycles. The zero-order valence-electron chi connectivity index (χ0n) is 12.7. The molecule has 0 aliphatic heterocycles. The van der Waals surface area contributed by atoms with Crippen LogP contribution in [0.4, 0.5) is 0 Å². The second kappa shape index (κ2) is 6.72. The van der Waals surface area contributed by atoms with Crippen molar-refractivity contribution in [1.29, 1.82) is 0 Å². The Morgan fingerprint density at radius 3 is 2.38 bits per heavy atom. The van der Waals surface area contributed by atoms with Gasteiger partial charge >= 0.3 is 0 Å². The Labute approximate surface area is 144 Å². The third-order valence-corrected chi connectivity index (χ3v) is 4.97. The maximum absolute atomic E-state index is 12.2. The number of nitrogens with zero attached hydrogens (tertiary/aromatic N) is 2. The van der Waals surface area contributed by atoms with Crippen molar-refractivity contribution in [3.05, 3.63) is 65.0 Å². The number of hydrogen-bond acceptors (Lipinski definition) is 5. The molecule has 0 saturated heterocycles. The summed E-state index contributed by atoms with van der Waals surface area (Å²) in [6.07, 6.45) is 0. The third kappa shape index (κ3) is 3.81. The number of sulfonamides is 1. The molecule has 3 rings (SSSR count). The highest BCUT2D eigenvalue weighted by Crippen LogP contribution is 2.20. The molecule has 8 heteroatoms. The standard InChI is InChI=1S/C16H14ClN3O3S/c1-11-2-8-14(9-3-11)24(21,22)18-10-15-19-20-16(23-15)12-4-6-13(17)7-5-12/h2-9,18H,10H2,1H3. The van der Waals surface area contributed by atoms with E-state index < -0.39 is 10.0 Å². The summed E-state index contributed by atoms with van der Waals surface area (Å²) in [6.45, 7) is 1.80. The fourth-order valence-electron chi connectivity index (χ4n) is 1.99. The van der Waals surface area contributed by atoms with Crippen LogP contribution in [0, 0.1) is 6.92 Å². The van der Waals surface area contributed by atoms with E-state index in [0.717, 1.165) is 5.56 Å². The Bertz CT molecular complexity index is 935. The van der Waals surface area contributed by atoms with Crippen molar-refractivity contribution in [2.24, 2.45) is 0 Å². The largest absolute Gasteiger partial charge is 0.419 e. The monoisotopic (exact) mass is 363 g/mol. The SMILES string of the molecule is Cc1ccc(S(=O)(=O)NCc2nnc(-c3ccc(Cl)cc3)o2)cc1. The summed E-state index contributed by atoms with van der Waals surface area (Å²) in [4.78, 5) is 0.186. The van der Waals surface area contributed by atoms with Gasteiger partial charge in [-0.05, 0) is 43.3 Å². The Morgan fingerprint density at radius 2 is 1.71 bits per heavy atom. The minimum absolute atomic E-state index is 0.0865. The lowest BCUT2D eigenvalue weighted by atomic mass is 10.2. The lowest BCUT2D eigenvalue weighted by molar-refractivity contribution is 0.494. The van der Waals surface area contributed by atoms with Crippen LogP contribution in [0.5, 0.6) is 0 Å². The van der Waals surface area contributed by atoms with Crippen LogP contribution in [0.2, 0.25) is 5.02 Å². The summed E-state index contributed by atoms with van der Waals surface area (Å²) >= 11 is 5.83. The Hall–Kier alpha value is -2.22. The molecule has 0 spiro atoms. The Balaban J connectivity index is 1.71. The molecular formula is C16H14ClN3O3S. The molecule has 1 heterocycles. The van der Waals surface area contributed by atoms with Gasteiger partial charge in [-0.1, -0.05) is 29.3 Å². The van der Waals surface area contributed by atoms with E-state index in [-0.39, 0.29) is 17.3 Å². The Kier molecular flexibility index (Phi) is 4.66. The summed E-state index contributed by atoms with van der Waals surface area (Å²) < 4.78 is 32.3. The van der Waals surface area contributed by atoms with Gasteiger partial charge in [0.2, 0.25) is 21.8 Å². The maximum Gasteiger partial charge on any atom is 0.247 e. The average molecular weight is 364 g/mol. The zero-order chi connectivity index (χ0) is 17.2. The Morgan fingerprint density at radius 1 is 1.04 bits per heavy atom. The van der Waals surface area contributed by atoms with Crippen LogP contribution in [0.1, 0.15) is 11.5 Å². The van der Waals surface area contributed by atoms with E-state index in [1.54, 1.807) is 48.5 Å². The molecule has 0 fully saturated rings. The molecule has 0 amide bonds. The van der Waals surface area contributed by atoms with E-state index in [4.69, 9.17) is 16.0 Å². The number of rotatable bonds is 5. The fraction of sp³-hybridized carbons (Fsp3) is 0.125. The second-order valence-electron chi connectivity index (χ2n) is 5.15. The van der Waals surface area contributed by atoms with Crippen LogP contribution in [-0.2, 0) is 16.6 Å². The molecule has 124 valence electrons. The van der Waals surface area contributed by atoms with Gasteiger partial charge in [-0.2, -0.15) is 0 Å². The highest BCUT2D eigenvalue weighted by Gasteiger charge is 2.16. The van der Waals surface area contributed by atoms with Gasteiger partial charge < -0.3 is 4.42 Å². The minimum atomic E-state index is -3.63. The van der Waals surface area contributed by atoms with Gasteiger partial charge in [0.25, 0.3) is 0 Å². The van der Waals surface area contributed by atoms with Gasteiger partial charge in [0.05, 0.1) is 11.4 Å². The first-order valence-corrected chi connectivity index (χ1v) is 8.95. The summed E-state index contributed by atoms with van der Waals surface area (Å²) in [5, 5.41) is 8.36. The minimum Gasteiger partial charge on any atom is -0.419 e. The van der Waals surface area contributed by atoms with E-state index in [9.17, 15) is 8.42 Å². The van der Waals surface area contributed by atoms with Crippen molar-refractivity contribution in [3.63, 3.8) is 0 Å². The smallest absolute Gasteiger partial charge is 0.247 e. The second-order valence-corrected chi connectivity index (χ2v) is 7.35. The topological polar surface area (TPSA) is 85.1 Å². The van der Waals surface area contributed by atoms with Crippen molar-refractivity contribution in [3.8, 4) is 11.5 Å². The summed E-state index contributed by atoms with van der Waals surface area (Å²) in [5.41, 5.74) is 1.69. The molecule has 0 unspecified atom stereocenters. The van der Waals surface area contributed by atoms with E-state index in [1.807, 2.05) is 6.92 Å². The van der Waals surface area contributed by atoms with Crippen LogP contribution in [0.3, 0.4) is 0 Å². The van der Waals surface area contributed by atoms with Gasteiger partial charge in [-0.3, -0.25) is 0 Å². The van der Waals surface area contributed by atoms with Crippen LogP contribution >= 0.6 is 11.6 Å². The molecule has 0 atom stereocenters. The summed E-state index contributed by atoms with van der Waals surface area (Å²) in [7, 11) is -3.63. The number of halogens is 1. The van der Waals surface area contributed by atoms with Crippen molar-refractivity contribution in [2.75, 3.05) is 0 Å². The van der Waals surface area contributed by atoms with Crippen LogP contribution < -0.4 is 4.72 Å². The normalized spacial score (nSPS) is 11.6. The van der Waals surface area contributed by atoms with Gasteiger partial charge in [-0.25, -0.2) is 13.1 Å². The number of hydrogen-bond donors (Lipinski definition) is 1. The first-order chi connectivity index (χ1) is 11.4. The van der Waals surface area contributed by atoms with Crippen molar-refractivity contribution in [1.82, 2.24) is 14.9 Å². The predicted octanol–water partition coefficient (Wildman–Crippen LogP) is 3.18. The van der Waals surface area contributed by atoms with Gasteiger partial charge in [0.15, 0.2) is 0 Å². The molecule has 1 N–H and O–H groups in total. The highest BCUT2D eigenvalue weighted by atomic mass is 35.5. The molecule has 6 nitrogen and oxygen atoms in total. The molecule has 0 aliphatic carbocycles. The van der Waals surface area contributed by atoms with E-state index in [0.29, 0.717) is 16.5 Å². The molecule has 0 radical (unpaired) electrons. The van der Waals surface area contributed by atoms with Crippen LogP contribution in [0.15, 0.2) is 57.8 Å². The van der Waals surface area contributed by atoms with Gasteiger partial charge in [-0.15, -0.1) is 10.2 Å². The van der Waals surface area contributed by atoms with Crippen molar-refractivity contribution >= 4 is 21.6 Å². The van der Waals surface area contributed by atoms with Crippen LogP contribution in [0.25, 0.3) is 11.5 Å². The number of benzene rings is 2. The van der Waals surface area contributed by atoms with Gasteiger partial charge in [0.1, 0.15) is 0 Å².